The number of nitrogens with zero attached hydrogens (tertiary/aromatic N) is 3. The maximum atomic E-state index is 5.31. The van der Waals surface area contributed by atoms with Crippen molar-refractivity contribution in [3.63, 3.8) is 0 Å². The molecular weight excluding hydrogens is 607 g/mol. The molecule has 1 aliphatic carbocycles. The third-order valence-electron chi connectivity index (χ3n) is 10.3. The van der Waals surface area contributed by atoms with Gasteiger partial charge >= 0.3 is 0 Å². The smallest absolute Gasteiger partial charge is 0.235 e. The molecule has 0 N–H and O–H groups in total. The zero-order chi connectivity index (χ0) is 33.1. The minimum absolute atomic E-state index is 0.537. The fraction of sp³-hybridized carbons (Fsp3) is 0.0213. The third-order valence-corrected chi connectivity index (χ3v) is 10.3. The largest absolute Gasteiger partial charge is 0.278 e. The molecule has 10 rings (SSSR count). The van der Waals surface area contributed by atoms with E-state index in [0.29, 0.717) is 5.95 Å². The molecule has 50 heavy (non-hydrogen) atoms. The van der Waals surface area contributed by atoms with Crippen molar-refractivity contribution in [3.8, 4) is 39.6 Å². The Labute approximate surface area is 290 Å². The number of rotatable bonds is 5. The number of hydrogen-bond acceptors (Lipinski definition) is 2. The van der Waals surface area contributed by atoms with E-state index in [2.05, 4.69) is 180 Å². The Morgan fingerprint density at radius 2 is 0.940 bits per heavy atom. The molecular formula is C47H31N3. The van der Waals surface area contributed by atoms with E-state index in [1.54, 1.807) is 0 Å². The van der Waals surface area contributed by atoms with Gasteiger partial charge in [-0.3, -0.25) is 4.57 Å². The van der Waals surface area contributed by atoms with Crippen molar-refractivity contribution >= 4 is 21.8 Å². The van der Waals surface area contributed by atoms with Crippen LogP contribution in [0, 0.1) is 0 Å². The molecule has 2 aromatic heterocycles. The minimum atomic E-state index is -0.537. The lowest BCUT2D eigenvalue weighted by atomic mass is 9.67. The van der Waals surface area contributed by atoms with Gasteiger partial charge < -0.3 is 0 Å². The standard InChI is InChI=1S/C47H31N3/c1-5-17-32(18-6-1)40-31-41(33-19-7-2-8-20-33)49-46(48-40)50-42-28-16-14-26-38(42)44-43(50)30-29-37-36-25-13-15-27-39(36)47(45(37)44,34-21-9-3-10-22-34)35-23-11-4-12-24-35/h1-31H. The van der Waals surface area contributed by atoms with E-state index in [1.807, 2.05) is 12.1 Å². The number of aromatic nitrogens is 3. The highest BCUT2D eigenvalue weighted by atomic mass is 15.2. The average Bonchev–Trinajstić information content (AvgIpc) is 3.70. The first kappa shape index (κ1) is 28.4. The fourth-order valence-electron chi connectivity index (χ4n) is 8.26. The Morgan fingerprint density at radius 1 is 0.420 bits per heavy atom. The molecule has 3 nitrogen and oxygen atoms in total. The predicted molar refractivity (Wildman–Crippen MR) is 205 cm³/mol. The molecule has 0 spiro atoms. The fourth-order valence-corrected chi connectivity index (χ4v) is 8.26. The highest BCUT2D eigenvalue weighted by Crippen LogP contribution is 2.59. The maximum absolute atomic E-state index is 5.31. The second kappa shape index (κ2) is 11.3. The summed E-state index contributed by atoms with van der Waals surface area (Å²) < 4.78 is 2.27. The van der Waals surface area contributed by atoms with Crippen LogP contribution in [0.2, 0.25) is 0 Å². The number of para-hydroxylation sites is 1. The Morgan fingerprint density at radius 3 is 1.56 bits per heavy atom. The van der Waals surface area contributed by atoms with Crippen molar-refractivity contribution in [3.05, 3.63) is 210 Å². The lowest BCUT2D eigenvalue weighted by molar-refractivity contribution is 0.776. The molecule has 7 aromatic carbocycles. The Kier molecular flexibility index (Phi) is 6.40. The number of hydrogen-bond donors (Lipinski definition) is 0. The van der Waals surface area contributed by atoms with E-state index in [4.69, 9.17) is 9.97 Å². The second-order valence-corrected chi connectivity index (χ2v) is 12.9. The predicted octanol–water partition coefficient (Wildman–Crippen LogP) is 11.3. The molecule has 0 saturated heterocycles. The summed E-state index contributed by atoms with van der Waals surface area (Å²) >= 11 is 0. The number of benzene rings is 7. The molecule has 0 bridgehead atoms. The minimum Gasteiger partial charge on any atom is -0.278 e. The van der Waals surface area contributed by atoms with E-state index in [-0.39, 0.29) is 0 Å². The summed E-state index contributed by atoms with van der Waals surface area (Å²) in [4.78, 5) is 10.6. The van der Waals surface area contributed by atoms with Crippen LogP contribution in [-0.2, 0) is 5.41 Å². The molecule has 0 saturated carbocycles. The van der Waals surface area contributed by atoms with Gasteiger partial charge in [0.05, 0.1) is 27.8 Å². The number of fused-ring (bicyclic) bond motifs is 7. The van der Waals surface area contributed by atoms with Gasteiger partial charge in [-0.15, -0.1) is 0 Å². The van der Waals surface area contributed by atoms with Crippen molar-refractivity contribution in [2.24, 2.45) is 0 Å². The van der Waals surface area contributed by atoms with Crippen LogP contribution in [0.25, 0.3) is 61.4 Å². The maximum Gasteiger partial charge on any atom is 0.235 e. The molecule has 0 aliphatic heterocycles. The van der Waals surface area contributed by atoms with Crippen molar-refractivity contribution in [2.45, 2.75) is 5.41 Å². The Bertz CT molecular complexity index is 2580. The van der Waals surface area contributed by atoms with Gasteiger partial charge in [0.1, 0.15) is 0 Å². The Balaban J connectivity index is 1.36. The molecule has 234 valence electrons. The summed E-state index contributed by atoms with van der Waals surface area (Å²) in [6, 6.07) is 67.2. The molecule has 9 aromatic rings. The first-order valence-corrected chi connectivity index (χ1v) is 17.1. The van der Waals surface area contributed by atoms with Gasteiger partial charge in [-0.1, -0.05) is 170 Å². The first-order valence-electron chi connectivity index (χ1n) is 17.1. The highest BCUT2D eigenvalue weighted by molar-refractivity contribution is 6.15. The average molecular weight is 638 g/mol. The topological polar surface area (TPSA) is 30.7 Å². The van der Waals surface area contributed by atoms with Gasteiger partial charge in [0, 0.05) is 21.9 Å². The van der Waals surface area contributed by atoms with Crippen molar-refractivity contribution in [1.82, 2.24) is 14.5 Å². The summed E-state index contributed by atoms with van der Waals surface area (Å²) in [6.07, 6.45) is 0. The molecule has 0 fully saturated rings. The van der Waals surface area contributed by atoms with Gasteiger partial charge in [-0.05, 0) is 51.6 Å². The summed E-state index contributed by atoms with van der Waals surface area (Å²) in [6.45, 7) is 0. The van der Waals surface area contributed by atoms with Crippen LogP contribution in [-0.4, -0.2) is 14.5 Å². The van der Waals surface area contributed by atoms with Crippen molar-refractivity contribution in [1.29, 1.82) is 0 Å². The van der Waals surface area contributed by atoms with E-state index in [0.717, 1.165) is 33.5 Å². The molecule has 0 unspecified atom stereocenters. The molecule has 2 heterocycles. The summed E-state index contributed by atoms with van der Waals surface area (Å²) in [7, 11) is 0. The summed E-state index contributed by atoms with van der Waals surface area (Å²) in [5.74, 6) is 0.650. The SMILES string of the molecule is c1ccc(-c2cc(-c3ccccc3)nc(-n3c4ccccc4c4c5c(ccc43)-c3ccccc3C5(c3ccccc3)c3ccccc3)n2)cc1. The second-order valence-electron chi connectivity index (χ2n) is 12.9. The normalized spacial score (nSPS) is 13.0. The van der Waals surface area contributed by atoms with Gasteiger partial charge in [-0.25, -0.2) is 9.97 Å². The van der Waals surface area contributed by atoms with E-state index < -0.39 is 5.41 Å². The van der Waals surface area contributed by atoms with Crippen LogP contribution >= 0.6 is 0 Å². The molecule has 0 radical (unpaired) electrons. The van der Waals surface area contributed by atoms with Crippen LogP contribution in [0.3, 0.4) is 0 Å². The van der Waals surface area contributed by atoms with Gasteiger partial charge in [-0.2, -0.15) is 0 Å². The van der Waals surface area contributed by atoms with E-state index in [1.165, 1.54) is 44.2 Å². The zero-order valence-corrected chi connectivity index (χ0v) is 27.2. The molecule has 3 heteroatoms. The van der Waals surface area contributed by atoms with Gasteiger partial charge in [0.25, 0.3) is 0 Å². The summed E-state index contributed by atoms with van der Waals surface area (Å²) in [5, 5.41) is 2.40. The van der Waals surface area contributed by atoms with Crippen molar-refractivity contribution < 1.29 is 0 Å². The van der Waals surface area contributed by atoms with Crippen LogP contribution in [0.5, 0.6) is 0 Å². The molecule has 0 atom stereocenters. The van der Waals surface area contributed by atoms with Crippen molar-refractivity contribution in [2.75, 3.05) is 0 Å². The van der Waals surface area contributed by atoms with Crippen LogP contribution in [0.1, 0.15) is 22.3 Å². The van der Waals surface area contributed by atoms with Gasteiger partial charge in [0.15, 0.2) is 0 Å². The van der Waals surface area contributed by atoms with E-state index >= 15 is 0 Å². The first-order chi connectivity index (χ1) is 24.8. The lowest BCUT2D eigenvalue weighted by Gasteiger charge is -2.34. The molecule has 0 amide bonds. The lowest BCUT2D eigenvalue weighted by Crippen LogP contribution is -2.28. The Hall–Kier alpha value is -6.58. The molecule has 1 aliphatic rings. The third kappa shape index (κ3) is 4.10. The van der Waals surface area contributed by atoms with E-state index in [9.17, 15) is 0 Å². The monoisotopic (exact) mass is 637 g/mol. The van der Waals surface area contributed by atoms with Gasteiger partial charge in [0.2, 0.25) is 5.95 Å². The zero-order valence-electron chi connectivity index (χ0n) is 27.2. The summed E-state index contributed by atoms with van der Waals surface area (Å²) in [5.41, 5.74) is 13.1. The quantitative estimate of drug-likeness (QED) is 0.188. The van der Waals surface area contributed by atoms with Crippen LogP contribution < -0.4 is 0 Å². The van der Waals surface area contributed by atoms with Crippen LogP contribution in [0.4, 0.5) is 0 Å². The van der Waals surface area contributed by atoms with Crippen LogP contribution in [0.15, 0.2) is 188 Å². The highest BCUT2D eigenvalue weighted by Gasteiger charge is 2.47.